The molecule has 0 bridgehead atoms. The number of nitrogens with one attached hydrogen (secondary N) is 1. The van der Waals surface area contributed by atoms with E-state index in [2.05, 4.69) is 5.32 Å². The summed E-state index contributed by atoms with van der Waals surface area (Å²) in [6, 6.07) is 3.77. The Hall–Kier alpha value is -1.46. The Kier molecular flexibility index (Phi) is 3.98. The Bertz CT molecular complexity index is 469. The third kappa shape index (κ3) is 2.55. The first-order valence-corrected chi connectivity index (χ1v) is 7.18. The Morgan fingerprint density at radius 2 is 2.20 bits per heavy atom. The summed E-state index contributed by atoms with van der Waals surface area (Å²) in [5.41, 5.74) is 0.811. The maximum Gasteiger partial charge on any atom is 0.231 e. The van der Waals surface area contributed by atoms with E-state index in [1.54, 1.807) is 7.11 Å². The van der Waals surface area contributed by atoms with Crippen molar-refractivity contribution in [3.05, 3.63) is 17.7 Å². The van der Waals surface area contributed by atoms with Crippen LogP contribution in [0.5, 0.6) is 17.2 Å². The van der Waals surface area contributed by atoms with Crippen LogP contribution in [0.3, 0.4) is 0 Å². The highest BCUT2D eigenvalue weighted by atomic mass is 16.7. The zero-order valence-electron chi connectivity index (χ0n) is 11.7. The fraction of sp³-hybridized carbons (Fsp3) is 0.600. The second kappa shape index (κ2) is 5.89. The van der Waals surface area contributed by atoms with Gasteiger partial charge in [-0.15, -0.1) is 0 Å². The average molecular weight is 279 g/mol. The van der Waals surface area contributed by atoms with Crippen molar-refractivity contribution in [2.24, 2.45) is 0 Å². The molecule has 1 aromatic rings. The normalized spacial score (nSPS) is 23.2. The summed E-state index contributed by atoms with van der Waals surface area (Å²) < 4.78 is 16.1. The van der Waals surface area contributed by atoms with Crippen LogP contribution in [0.25, 0.3) is 0 Å². The predicted octanol–water partition coefficient (Wildman–Crippen LogP) is 1.99. The molecule has 20 heavy (non-hydrogen) atoms. The molecule has 2 aliphatic heterocycles. The van der Waals surface area contributed by atoms with Crippen molar-refractivity contribution in [3.8, 4) is 17.2 Å². The van der Waals surface area contributed by atoms with Gasteiger partial charge in [-0.05, 0) is 37.1 Å². The first-order chi connectivity index (χ1) is 9.79. The van der Waals surface area contributed by atoms with E-state index in [0.717, 1.165) is 24.9 Å². The zero-order chi connectivity index (χ0) is 13.9. The van der Waals surface area contributed by atoms with Crippen LogP contribution >= 0.6 is 0 Å². The average Bonchev–Trinajstić information content (AvgIpc) is 2.78. The summed E-state index contributed by atoms with van der Waals surface area (Å²) in [5, 5.41) is 14.0. The van der Waals surface area contributed by atoms with E-state index in [4.69, 9.17) is 14.2 Å². The number of rotatable bonds is 3. The van der Waals surface area contributed by atoms with E-state index in [1.807, 2.05) is 12.1 Å². The largest absolute Gasteiger partial charge is 0.493 e. The highest BCUT2D eigenvalue weighted by Crippen LogP contribution is 2.43. The third-order valence-corrected chi connectivity index (χ3v) is 4.00. The summed E-state index contributed by atoms with van der Waals surface area (Å²) in [6.07, 6.45) is 3.97. The number of hydrogen-bond acceptors (Lipinski definition) is 5. The van der Waals surface area contributed by atoms with Crippen LogP contribution in [0.15, 0.2) is 12.1 Å². The maximum atomic E-state index is 10.6. The van der Waals surface area contributed by atoms with Gasteiger partial charge in [-0.3, -0.25) is 0 Å². The highest BCUT2D eigenvalue weighted by molar-refractivity contribution is 5.55. The number of hydrogen-bond donors (Lipinski definition) is 2. The van der Waals surface area contributed by atoms with Crippen molar-refractivity contribution in [2.45, 2.75) is 37.8 Å². The standard InChI is InChI=1S/C15H21NO4/c1-18-12-7-10(8-13-15(12)20-9-19-13)14(17)11-5-3-2-4-6-16-11/h7-8,11,14,16-17H,2-6,9H2,1H3. The van der Waals surface area contributed by atoms with E-state index in [-0.39, 0.29) is 12.8 Å². The van der Waals surface area contributed by atoms with Crippen molar-refractivity contribution >= 4 is 0 Å². The van der Waals surface area contributed by atoms with Crippen molar-refractivity contribution < 1.29 is 19.3 Å². The summed E-state index contributed by atoms with van der Waals surface area (Å²) in [7, 11) is 1.59. The van der Waals surface area contributed by atoms with Gasteiger partial charge in [0.25, 0.3) is 0 Å². The minimum absolute atomic E-state index is 0.0857. The molecule has 3 rings (SSSR count). The summed E-state index contributed by atoms with van der Waals surface area (Å²) in [4.78, 5) is 0. The quantitative estimate of drug-likeness (QED) is 0.886. The molecule has 0 aliphatic carbocycles. The molecule has 2 heterocycles. The first kappa shape index (κ1) is 13.5. The van der Waals surface area contributed by atoms with Crippen molar-refractivity contribution in [3.63, 3.8) is 0 Å². The van der Waals surface area contributed by atoms with Crippen LogP contribution in [0.4, 0.5) is 0 Å². The molecule has 5 nitrogen and oxygen atoms in total. The minimum atomic E-state index is -0.559. The molecule has 2 N–H and O–H groups in total. The second-order valence-electron chi connectivity index (χ2n) is 5.31. The van der Waals surface area contributed by atoms with Crippen LogP contribution in [-0.4, -0.2) is 31.6 Å². The van der Waals surface area contributed by atoms with Crippen LogP contribution in [-0.2, 0) is 0 Å². The lowest BCUT2D eigenvalue weighted by Gasteiger charge is -2.23. The molecule has 110 valence electrons. The van der Waals surface area contributed by atoms with E-state index in [0.29, 0.717) is 17.2 Å². The lowest BCUT2D eigenvalue weighted by atomic mass is 9.98. The zero-order valence-corrected chi connectivity index (χ0v) is 11.7. The van der Waals surface area contributed by atoms with Gasteiger partial charge in [-0.25, -0.2) is 0 Å². The molecule has 0 aromatic heterocycles. The number of ether oxygens (including phenoxy) is 3. The molecule has 0 amide bonds. The van der Waals surface area contributed by atoms with E-state index >= 15 is 0 Å². The van der Waals surface area contributed by atoms with Crippen LogP contribution in [0.1, 0.15) is 37.4 Å². The number of benzene rings is 1. The second-order valence-corrected chi connectivity index (χ2v) is 5.31. The van der Waals surface area contributed by atoms with Crippen LogP contribution in [0, 0.1) is 0 Å². The van der Waals surface area contributed by atoms with Gasteiger partial charge >= 0.3 is 0 Å². The number of aliphatic hydroxyl groups is 1. The van der Waals surface area contributed by atoms with Gasteiger partial charge in [0.15, 0.2) is 11.5 Å². The first-order valence-electron chi connectivity index (χ1n) is 7.18. The van der Waals surface area contributed by atoms with Crippen molar-refractivity contribution in [1.29, 1.82) is 0 Å². The van der Waals surface area contributed by atoms with Crippen LogP contribution < -0.4 is 19.5 Å². The Balaban J connectivity index is 1.85. The van der Waals surface area contributed by atoms with Gasteiger partial charge in [0.05, 0.1) is 13.2 Å². The Morgan fingerprint density at radius 1 is 1.30 bits per heavy atom. The fourth-order valence-electron chi connectivity index (χ4n) is 2.88. The molecule has 0 saturated carbocycles. The van der Waals surface area contributed by atoms with E-state index in [9.17, 15) is 5.11 Å². The lowest BCUT2D eigenvalue weighted by Crippen LogP contribution is -2.34. The van der Waals surface area contributed by atoms with Gasteiger partial charge in [0.2, 0.25) is 12.5 Å². The maximum absolute atomic E-state index is 10.6. The molecule has 1 fully saturated rings. The Morgan fingerprint density at radius 3 is 3.05 bits per heavy atom. The molecule has 1 saturated heterocycles. The van der Waals surface area contributed by atoms with Gasteiger partial charge in [0, 0.05) is 6.04 Å². The molecule has 2 aliphatic rings. The third-order valence-electron chi connectivity index (χ3n) is 4.00. The highest BCUT2D eigenvalue weighted by Gasteiger charge is 2.26. The summed E-state index contributed by atoms with van der Waals surface area (Å²) in [5.74, 6) is 1.88. The lowest BCUT2D eigenvalue weighted by molar-refractivity contribution is 0.125. The summed E-state index contributed by atoms with van der Waals surface area (Å²) >= 11 is 0. The molecular weight excluding hydrogens is 258 g/mol. The molecular formula is C15H21NO4. The number of methoxy groups -OCH3 is 1. The predicted molar refractivity (Wildman–Crippen MR) is 74.3 cm³/mol. The van der Waals surface area contributed by atoms with Crippen LogP contribution in [0.2, 0.25) is 0 Å². The topological polar surface area (TPSA) is 60.0 Å². The smallest absolute Gasteiger partial charge is 0.231 e. The van der Waals surface area contributed by atoms with Crippen molar-refractivity contribution in [1.82, 2.24) is 5.32 Å². The fourth-order valence-corrected chi connectivity index (χ4v) is 2.88. The molecule has 1 aromatic carbocycles. The van der Waals surface area contributed by atoms with Gasteiger partial charge in [-0.1, -0.05) is 12.8 Å². The minimum Gasteiger partial charge on any atom is -0.493 e. The molecule has 0 spiro atoms. The monoisotopic (exact) mass is 279 g/mol. The SMILES string of the molecule is COc1cc(C(O)C2CCCCCN2)cc2c1OCO2. The van der Waals surface area contributed by atoms with Gasteiger partial charge in [0.1, 0.15) is 0 Å². The van der Waals surface area contributed by atoms with Crippen molar-refractivity contribution in [2.75, 3.05) is 20.4 Å². The summed E-state index contributed by atoms with van der Waals surface area (Å²) in [6.45, 7) is 1.16. The van der Waals surface area contributed by atoms with Gasteiger partial charge in [-0.2, -0.15) is 0 Å². The van der Waals surface area contributed by atoms with E-state index < -0.39 is 6.10 Å². The van der Waals surface area contributed by atoms with Gasteiger partial charge < -0.3 is 24.6 Å². The number of aliphatic hydroxyl groups excluding tert-OH is 1. The van der Waals surface area contributed by atoms with E-state index in [1.165, 1.54) is 12.8 Å². The Labute approximate surface area is 118 Å². The number of fused-ring (bicyclic) bond motifs is 1. The molecule has 2 atom stereocenters. The molecule has 5 heteroatoms. The molecule has 0 radical (unpaired) electrons. The molecule has 2 unspecified atom stereocenters.